The Labute approximate surface area is 188 Å². The molecule has 0 bridgehead atoms. The molecular weight excluding hydrogens is 364 g/mol. The number of hydrogen-bond acceptors (Lipinski definition) is 1. The van der Waals surface area contributed by atoms with E-state index in [1.807, 2.05) is 0 Å². The molecular formula is C29H52O. The van der Waals surface area contributed by atoms with Crippen LogP contribution in [0, 0.1) is 40.9 Å². The zero-order valence-corrected chi connectivity index (χ0v) is 21.1. The predicted octanol–water partition coefficient (Wildman–Crippen LogP) is 8.80. The summed E-state index contributed by atoms with van der Waals surface area (Å²) in [6.45, 7) is 12.4. The van der Waals surface area contributed by atoms with Crippen LogP contribution in [0.15, 0.2) is 0 Å². The van der Waals surface area contributed by atoms with Crippen molar-refractivity contribution in [2.45, 2.75) is 143 Å². The molecule has 4 aliphatic rings. The van der Waals surface area contributed by atoms with Gasteiger partial charge >= 0.3 is 0 Å². The zero-order chi connectivity index (χ0) is 21.4. The van der Waals surface area contributed by atoms with Crippen LogP contribution in [0.4, 0.5) is 0 Å². The summed E-state index contributed by atoms with van der Waals surface area (Å²) < 4.78 is 6.21. The highest BCUT2D eigenvalue weighted by Gasteiger charge is 2.61. The van der Waals surface area contributed by atoms with Crippen LogP contribution in [-0.2, 0) is 4.74 Å². The number of epoxide rings is 1. The Kier molecular flexibility index (Phi) is 7.28. The molecule has 0 aromatic heterocycles. The van der Waals surface area contributed by atoms with Crippen molar-refractivity contribution in [1.29, 1.82) is 0 Å². The molecule has 0 amide bonds. The van der Waals surface area contributed by atoms with Crippen molar-refractivity contribution < 1.29 is 4.74 Å². The highest BCUT2D eigenvalue weighted by molar-refractivity contribution is 5.10. The van der Waals surface area contributed by atoms with Crippen LogP contribution < -0.4 is 0 Å². The minimum atomic E-state index is 0.241. The summed E-state index contributed by atoms with van der Waals surface area (Å²) in [5.74, 6) is 5.70. The Morgan fingerprint density at radius 1 is 0.767 bits per heavy atom. The molecule has 1 heteroatoms. The van der Waals surface area contributed by atoms with Gasteiger partial charge < -0.3 is 4.74 Å². The molecule has 0 radical (unpaired) electrons. The van der Waals surface area contributed by atoms with Crippen molar-refractivity contribution >= 4 is 0 Å². The zero-order valence-electron chi connectivity index (χ0n) is 21.1. The van der Waals surface area contributed by atoms with E-state index in [0.717, 1.165) is 35.5 Å². The lowest BCUT2D eigenvalue weighted by Gasteiger charge is -2.42. The topological polar surface area (TPSA) is 12.5 Å². The lowest BCUT2D eigenvalue weighted by Crippen LogP contribution is -2.37. The van der Waals surface area contributed by atoms with Gasteiger partial charge in [0.2, 0.25) is 0 Å². The summed E-state index contributed by atoms with van der Waals surface area (Å²) in [4.78, 5) is 0. The number of unbranched alkanes of at least 4 members (excludes halogenated alkanes) is 8. The van der Waals surface area contributed by atoms with E-state index in [1.54, 1.807) is 0 Å². The monoisotopic (exact) mass is 416 g/mol. The fourth-order valence-corrected chi connectivity index (χ4v) is 8.43. The second kappa shape index (κ2) is 9.44. The van der Waals surface area contributed by atoms with Crippen LogP contribution in [0.5, 0.6) is 0 Å². The van der Waals surface area contributed by atoms with Crippen LogP contribution in [-0.4, -0.2) is 11.7 Å². The Bertz CT molecular complexity index is 519. The molecule has 174 valence electrons. The quantitative estimate of drug-likeness (QED) is 0.229. The van der Waals surface area contributed by atoms with Gasteiger partial charge in [0.25, 0.3) is 0 Å². The minimum Gasteiger partial charge on any atom is -0.366 e. The van der Waals surface area contributed by atoms with E-state index < -0.39 is 0 Å². The van der Waals surface area contributed by atoms with Crippen LogP contribution in [0.3, 0.4) is 0 Å². The molecule has 0 N–H and O–H groups in total. The number of hydrogen-bond donors (Lipinski definition) is 0. The fourth-order valence-electron chi connectivity index (χ4n) is 8.43. The summed E-state index contributed by atoms with van der Waals surface area (Å²) in [6, 6.07) is 0. The third-order valence-corrected chi connectivity index (χ3v) is 10.2. The summed E-state index contributed by atoms with van der Waals surface area (Å²) >= 11 is 0. The number of fused-ring (bicyclic) bond motifs is 2. The van der Waals surface area contributed by atoms with Gasteiger partial charge in [-0.15, -0.1) is 0 Å². The second-order valence-electron chi connectivity index (χ2n) is 13.0. The van der Waals surface area contributed by atoms with Crippen LogP contribution in [0.1, 0.15) is 131 Å². The normalized spacial score (nSPS) is 45.5. The highest BCUT2D eigenvalue weighted by Crippen LogP contribution is 2.66. The molecule has 0 spiro atoms. The Hall–Kier alpha value is -0.0400. The van der Waals surface area contributed by atoms with Crippen molar-refractivity contribution in [3.05, 3.63) is 0 Å². The third-order valence-electron chi connectivity index (χ3n) is 10.2. The Morgan fingerprint density at radius 3 is 2.00 bits per heavy atom. The van der Waals surface area contributed by atoms with Gasteiger partial charge in [-0.1, -0.05) is 85.5 Å². The SMILES string of the molecule is CCCCCCCCCCCC(C1CC(C)C2CC2(C)C1)C1CC(C)C2OC2(C)C1. The minimum absolute atomic E-state index is 0.241. The molecule has 0 aromatic carbocycles. The van der Waals surface area contributed by atoms with Gasteiger partial charge in [-0.3, -0.25) is 0 Å². The Balaban J connectivity index is 1.28. The average Bonchev–Trinajstić information content (AvgIpc) is 3.57. The molecule has 1 nitrogen and oxygen atoms in total. The first-order chi connectivity index (χ1) is 14.4. The summed E-state index contributed by atoms with van der Waals surface area (Å²) in [7, 11) is 0. The predicted molar refractivity (Wildman–Crippen MR) is 129 cm³/mol. The summed E-state index contributed by atoms with van der Waals surface area (Å²) in [5, 5.41) is 0. The first-order valence-electron chi connectivity index (χ1n) is 14.0. The van der Waals surface area contributed by atoms with Gasteiger partial charge in [-0.05, 0) is 86.4 Å². The molecule has 4 fully saturated rings. The van der Waals surface area contributed by atoms with E-state index in [2.05, 4.69) is 34.6 Å². The van der Waals surface area contributed by atoms with E-state index in [0.29, 0.717) is 11.5 Å². The van der Waals surface area contributed by atoms with Crippen molar-refractivity contribution in [3.63, 3.8) is 0 Å². The van der Waals surface area contributed by atoms with Gasteiger partial charge in [-0.25, -0.2) is 0 Å². The standard InChI is InChI=1S/C29H52O/c1-6-7-8-9-10-11-12-13-14-15-25(23-16-21(2)26-20-28(26,4)18-23)24-17-22(3)27-29(5,19-24)30-27/h21-27H,6-20H2,1-5H3. The van der Waals surface area contributed by atoms with Gasteiger partial charge in [0.15, 0.2) is 0 Å². The summed E-state index contributed by atoms with van der Waals surface area (Å²) in [6.07, 6.45) is 22.6. The van der Waals surface area contributed by atoms with E-state index in [9.17, 15) is 0 Å². The van der Waals surface area contributed by atoms with Crippen molar-refractivity contribution in [2.75, 3.05) is 0 Å². The van der Waals surface area contributed by atoms with Gasteiger partial charge in [0.05, 0.1) is 11.7 Å². The summed E-state index contributed by atoms with van der Waals surface area (Å²) in [5.41, 5.74) is 0.952. The van der Waals surface area contributed by atoms with E-state index in [1.165, 1.54) is 96.3 Å². The first-order valence-corrected chi connectivity index (χ1v) is 14.0. The molecule has 3 aliphatic carbocycles. The van der Waals surface area contributed by atoms with Crippen molar-refractivity contribution in [3.8, 4) is 0 Å². The smallest absolute Gasteiger partial charge is 0.0926 e. The fraction of sp³-hybridized carbons (Fsp3) is 1.00. The number of ether oxygens (including phenoxy) is 1. The molecule has 1 heterocycles. The van der Waals surface area contributed by atoms with E-state index in [4.69, 9.17) is 4.74 Å². The van der Waals surface area contributed by atoms with Gasteiger partial charge in [0.1, 0.15) is 0 Å². The molecule has 3 saturated carbocycles. The second-order valence-corrected chi connectivity index (χ2v) is 13.0. The Morgan fingerprint density at radius 2 is 1.37 bits per heavy atom. The van der Waals surface area contributed by atoms with Gasteiger partial charge in [0, 0.05) is 0 Å². The molecule has 1 aliphatic heterocycles. The van der Waals surface area contributed by atoms with E-state index in [-0.39, 0.29) is 5.60 Å². The molecule has 9 atom stereocenters. The highest BCUT2D eigenvalue weighted by atomic mass is 16.6. The van der Waals surface area contributed by atoms with E-state index >= 15 is 0 Å². The lowest BCUT2D eigenvalue weighted by molar-refractivity contribution is 0.0758. The largest absolute Gasteiger partial charge is 0.366 e. The molecule has 0 aromatic rings. The van der Waals surface area contributed by atoms with Crippen molar-refractivity contribution in [2.24, 2.45) is 40.9 Å². The maximum atomic E-state index is 6.21. The van der Waals surface area contributed by atoms with Crippen molar-refractivity contribution in [1.82, 2.24) is 0 Å². The average molecular weight is 417 g/mol. The molecule has 4 rings (SSSR count). The third kappa shape index (κ3) is 5.13. The van der Waals surface area contributed by atoms with Crippen LogP contribution >= 0.6 is 0 Å². The number of rotatable bonds is 12. The maximum absolute atomic E-state index is 6.21. The maximum Gasteiger partial charge on any atom is 0.0926 e. The lowest BCUT2D eigenvalue weighted by atomic mass is 9.62. The molecule has 30 heavy (non-hydrogen) atoms. The molecule has 1 saturated heterocycles. The van der Waals surface area contributed by atoms with Gasteiger partial charge in [-0.2, -0.15) is 0 Å². The van der Waals surface area contributed by atoms with Crippen LogP contribution in [0.2, 0.25) is 0 Å². The van der Waals surface area contributed by atoms with Crippen LogP contribution in [0.25, 0.3) is 0 Å². The molecule has 9 unspecified atom stereocenters. The first kappa shape index (κ1) is 23.1.